The Bertz CT molecular complexity index is 393. The molecule has 2 atom stereocenters. The number of aliphatic carboxylic acids is 1. The standard InChI is InChI=1S/C10H13NO5/c1-16-7-3-2-5(4-6(7)11)8(12)9(13)10(14)15/h2-4,8-9,12-13H,11H2,1H3,(H,14,15). The summed E-state index contributed by atoms with van der Waals surface area (Å²) in [6, 6.07) is 4.28. The molecule has 1 aromatic rings. The minimum Gasteiger partial charge on any atom is -0.495 e. The summed E-state index contributed by atoms with van der Waals surface area (Å²) in [5.74, 6) is -1.08. The maximum atomic E-state index is 10.5. The second-order valence-corrected chi connectivity index (χ2v) is 3.23. The largest absolute Gasteiger partial charge is 0.495 e. The second kappa shape index (κ2) is 4.82. The molecule has 0 aliphatic heterocycles. The first-order chi connectivity index (χ1) is 7.47. The van der Waals surface area contributed by atoms with Crippen LogP contribution in [0.25, 0.3) is 0 Å². The summed E-state index contributed by atoms with van der Waals surface area (Å²) in [7, 11) is 1.44. The number of hydrogen-bond donors (Lipinski definition) is 4. The van der Waals surface area contributed by atoms with Crippen LogP contribution in [0.2, 0.25) is 0 Å². The molecule has 0 aromatic heterocycles. The van der Waals surface area contributed by atoms with Crippen LogP contribution in [0.5, 0.6) is 5.75 Å². The second-order valence-electron chi connectivity index (χ2n) is 3.23. The zero-order valence-electron chi connectivity index (χ0n) is 8.62. The van der Waals surface area contributed by atoms with Crippen molar-refractivity contribution in [1.29, 1.82) is 0 Å². The fourth-order valence-electron chi connectivity index (χ4n) is 1.25. The van der Waals surface area contributed by atoms with Gasteiger partial charge in [0.05, 0.1) is 12.8 Å². The fraction of sp³-hybridized carbons (Fsp3) is 0.300. The van der Waals surface area contributed by atoms with Crippen molar-refractivity contribution in [2.45, 2.75) is 12.2 Å². The monoisotopic (exact) mass is 227 g/mol. The third-order valence-electron chi connectivity index (χ3n) is 2.15. The molecule has 0 spiro atoms. The van der Waals surface area contributed by atoms with Gasteiger partial charge in [-0.15, -0.1) is 0 Å². The summed E-state index contributed by atoms with van der Waals surface area (Å²) >= 11 is 0. The molecule has 0 aliphatic carbocycles. The van der Waals surface area contributed by atoms with Crippen molar-refractivity contribution >= 4 is 11.7 Å². The molecular formula is C10H13NO5. The predicted molar refractivity (Wildman–Crippen MR) is 56.0 cm³/mol. The average Bonchev–Trinajstić information content (AvgIpc) is 2.26. The molecule has 0 fully saturated rings. The van der Waals surface area contributed by atoms with Crippen LogP contribution in [0.4, 0.5) is 5.69 Å². The lowest BCUT2D eigenvalue weighted by Gasteiger charge is -2.15. The van der Waals surface area contributed by atoms with Gasteiger partial charge in [-0.05, 0) is 17.7 Å². The van der Waals surface area contributed by atoms with Crippen molar-refractivity contribution in [3.8, 4) is 5.75 Å². The Morgan fingerprint density at radius 1 is 1.44 bits per heavy atom. The zero-order valence-corrected chi connectivity index (χ0v) is 8.62. The number of nitrogens with two attached hydrogens (primary N) is 1. The molecule has 0 saturated heterocycles. The molecule has 0 heterocycles. The van der Waals surface area contributed by atoms with Gasteiger partial charge in [0.15, 0.2) is 6.10 Å². The van der Waals surface area contributed by atoms with Crippen LogP contribution in [0.1, 0.15) is 11.7 Å². The Morgan fingerprint density at radius 3 is 2.50 bits per heavy atom. The van der Waals surface area contributed by atoms with E-state index in [2.05, 4.69) is 0 Å². The maximum absolute atomic E-state index is 10.5. The summed E-state index contributed by atoms with van der Waals surface area (Å²) in [5, 5.41) is 27.2. The van der Waals surface area contributed by atoms with Gasteiger partial charge in [-0.3, -0.25) is 0 Å². The summed E-state index contributed by atoms with van der Waals surface area (Å²) in [6.45, 7) is 0. The quantitative estimate of drug-likeness (QED) is 0.528. The normalized spacial score (nSPS) is 14.2. The van der Waals surface area contributed by atoms with E-state index in [1.807, 2.05) is 0 Å². The van der Waals surface area contributed by atoms with Crippen molar-refractivity contribution in [2.75, 3.05) is 12.8 Å². The minimum absolute atomic E-state index is 0.216. The van der Waals surface area contributed by atoms with E-state index < -0.39 is 18.2 Å². The van der Waals surface area contributed by atoms with Crippen LogP contribution in [0.3, 0.4) is 0 Å². The van der Waals surface area contributed by atoms with Gasteiger partial charge in [-0.25, -0.2) is 4.79 Å². The lowest BCUT2D eigenvalue weighted by Crippen LogP contribution is -2.27. The fourth-order valence-corrected chi connectivity index (χ4v) is 1.25. The van der Waals surface area contributed by atoms with Crippen molar-refractivity contribution in [2.24, 2.45) is 0 Å². The molecule has 0 amide bonds. The molecule has 6 nitrogen and oxygen atoms in total. The Morgan fingerprint density at radius 2 is 2.06 bits per heavy atom. The van der Waals surface area contributed by atoms with Crippen LogP contribution < -0.4 is 10.5 Å². The predicted octanol–water partition coefficient (Wildman–Crippen LogP) is -0.244. The van der Waals surface area contributed by atoms with E-state index in [4.69, 9.17) is 20.7 Å². The highest BCUT2D eigenvalue weighted by atomic mass is 16.5. The summed E-state index contributed by atoms with van der Waals surface area (Å²) < 4.78 is 4.90. The van der Waals surface area contributed by atoms with Crippen molar-refractivity contribution in [1.82, 2.24) is 0 Å². The molecule has 0 radical (unpaired) electrons. The smallest absolute Gasteiger partial charge is 0.335 e. The van der Waals surface area contributed by atoms with E-state index in [-0.39, 0.29) is 11.3 Å². The van der Waals surface area contributed by atoms with Crippen LogP contribution in [0.15, 0.2) is 18.2 Å². The minimum atomic E-state index is -1.88. The van der Waals surface area contributed by atoms with Gasteiger partial charge in [-0.2, -0.15) is 0 Å². The Balaban J connectivity index is 2.97. The number of rotatable bonds is 4. The van der Waals surface area contributed by atoms with Crippen molar-refractivity contribution < 1.29 is 24.9 Å². The number of ether oxygens (including phenoxy) is 1. The lowest BCUT2D eigenvalue weighted by atomic mass is 10.0. The van der Waals surface area contributed by atoms with Gasteiger partial charge in [-0.1, -0.05) is 6.07 Å². The van der Waals surface area contributed by atoms with Crippen LogP contribution in [-0.2, 0) is 4.79 Å². The third kappa shape index (κ3) is 2.41. The van der Waals surface area contributed by atoms with Crippen LogP contribution in [0, 0.1) is 0 Å². The number of methoxy groups -OCH3 is 1. The SMILES string of the molecule is COc1ccc(C(O)C(O)C(=O)O)cc1N. The zero-order chi connectivity index (χ0) is 12.3. The van der Waals surface area contributed by atoms with E-state index in [1.165, 1.54) is 25.3 Å². The first-order valence-corrected chi connectivity index (χ1v) is 4.49. The molecule has 6 heteroatoms. The van der Waals surface area contributed by atoms with E-state index in [0.29, 0.717) is 5.75 Å². The molecule has 0 bridgehead atoms. The number of hydrogen-bond acceptors (Lipinski definition) is 5. The highest BCUT2D eigenvalue weighted by Gasteiger charge is 2.25. The molecule has 0 aliphatic rings. The number of benzene rings is 1. The summed E-state index contributed by atoms with van der Waals surface area (Å²) in [4.78, 5) is 10.5. The van der Waals surface area contributed by atoms with Gasteiger partial charge in [0, 0.05) is 0 Å². The summed E-state index contributed by atoms with van der Waals surface area (Å²) in [5.41, 5.74) is 6.06. The van der Waals surface area contributed by atoms with E-state index in [0.717, 1.165) is 0 Å². The maximum Gasteiger partial charge on any atom is 0.335 e. The van der Waals surface area contributed by atoms with Crippen molar-refractivity contribution in [3.63, 3.8) is 0 Å². The van der Waals surface area contributed by atoms with Gasteiger partial charge in [0.25, 0.3) is 0 Å². The van der Waals surface area contributed by atoms with Gasteiger partial charge in [0.2, 0.25) is 0 Å². The lowest BCUT2D eigenvalue weighted by molar-refractivity contribution is -0.153. The first-order valence-electron chi connectivity index (χ1n) is 4.49. The molecule has 5 N–H and O–H groups in total. The highest BCUT2D eigenvalue weighted by Crippen LogP contribution is 2.26. The number of carboxylic acid groups (broad SMARTS) is 1. The van der Waals surface area contributed by atoms with Crippen molar-refractivity contribution in [3.05, 3.63) is 23.8 Å². The van der Waals surface area contributed by atoms with Crippen LogP contribution in [-0.4, -0.2) is 34.5 Å². The number of carbonyl (C=O) groups is 1. The number of aliphatic hydroxyl groups is 2. The molecular weight excluding hydrogens is 214 g/mol. The van der Waals surface area contributed by atoms with Gasteiger partial charge >= 0.3 is 5.97 Å². The molecule has 16 heavy (non-hydrogen) atoms. The highest BCUT2D eigenvalue weighted by molar-refractivity contribution is 5.73. The first kappa shape index (κ1) is 12.3. The molecule has 88 valence electrons. The van der Waals surface area contributed by atoms with Crippen LogP contribution >= 0.6 is 0 Å². The third-order valence-corrected chi connectivity index (χ3v) is 2.15. The number of nitrogen functional groups attached to an aromatic ring is 1. The molecule has 2 unspecified atom stereocenters. The molecule has 0 saturated carbocycles. The number of anilines is 1. The molecule has 1 aromatic carbocycles. The number of carboxylic acids is 1. The Kier molecular flexibility index (Phi) is 3.70. The van der Waals surface area contributed by atoms with E-state index >= 15 is 0 Å². The van der Waals surface area contributed by atoms with E-state index in [9.17, 15) is 9.90 Å². The van der Waals surface area contributed by atoms with Gasteiger partial charge < -0.3 is 25.8 Å². The topological polar surface area (TPSA) is 113 Å². The Labute approximate surface area is 91.9 Å². The Hall–Kier alpha value is -1.79. The summed E-state index contributed by atoms with van der Waals surface area (Å²) in [6.07, 6.45) is -3.40. The van der Waals surface area contributed by atoms with Gasteiger partial charge in [0.1, 0.15) is 11.9 Å². The molecule has 1 rings (SSSR count). The van der Waals surface area contributed by atoms with E-state index in [1.54, 1.807) is 0 Å². The number of aliphatic hydroxyl groups excluding tert-OH is 2. The average molecular weight is 227 g/mol.